The monoisotopic (exact) mass is 346 g/mol. The van der Waals surface area contributed by atoms with E-state index in [0.29, 0.717) is 6.61 Å². The molecular weight excluding hydrogens is 328 g/mol. The normalized spacial score (nSPS) is 15.4. The Morgan fingerprint density at radius 3 is 2.24 bits per heavy atom. The van der Waals surface area contributed by atoms with E-state index in [1.165, 1.54) is 22.3 Å². The molecule has 2 aromatic carbocycles. The summed E-state index contributed by atoms with van der Waals surface area (Å²) in [4.78, 5) is 0.160. The molecule has 2 aromatic rings. The number of benzene rings is 2. The van der Waals surface area contributed by atoms with Crippen molar-refractivity contribution >= 4 is 15.9 Å². The lowest BCUT2D eigenvalue weighted by molar-refractivity contribution is 0.297. The largest absolute Gasteiger partial charge is 0.490 e. The molecular formula is C18H19BrO2. The quantitative estimate of drug-likeness (QED) is 0.716. The van der Waals surface area contributed by atoms with E-state index in [-0.39, 0.29) is 4.83 Å². The van der Waals surface area contributed by atoms with E-state index in [1.54, 1.807) is 0 Å². The fraction of sp³-hybridized carbons (Fsp3) is 0.333. The van der Waals surface area contributed by atoms with Crippen LogP contribution in [0.2, 0.25) is 0 Å². The highest BCUT2D eigenvalue weighted by Gasteiger charge is 2.16. The smallest absolute Gasteiger partial charge is 0.161 e. The van der Waals surface area contributed by atoms with Gasteiger partial charge in [-0.3, -0.25) is 0 Å². The summed E-state index contributed by atoms with van der Waals surface area (Å²) in [7, 11) is 0. The van der Waals surface area contributed by atoms with Crippen molar-refractivity contribution in [2.45, 2.75) is 25.1 Å². The first kappa shape index (κ1) is 14.5. The lowest BCUT2D eigenvalue weighted by Gasteiger charge is -2.15. The van der Waals surface area contributed by atoms with Gasteiger partial charge in [-0.2, -0.15) is 0 Å². The van der Waals surface area contributed by atoms with Crippen LogP contribution < -0.4 is 9.47 Å². The molecule has 0 aromatic heterocycles. The van der Waals surface area contributed by atoms with Crippen LogP contribution in [0.15, 0.2) is 36.4 Å². The van der Waals surface area contributed by atoms with Crippen LogP contribution in [-0.2, 0) is 0 Å². The van der Waals surface area contributed by atoms with Crippen LogP contribution in [0.5, 0.6) is 11.5 Å². The maximum absolute atomic E-state index is 5.78. The van der Waals surface area contributed by atoms with Crippen LogP contribution in [0.4, 0.5) is 0 Å². The molecule has 0 fully saturated rings. The number of halogens is 1. The van der Waals surface area contributed by atoms with Gasteiger partial charge in [0, 0.05) is 6.42 Å². The highest BCUT2D eigenvalue weighted by molar-refractivity contribution is 9.09. The van der Waals surface area contributed by atoms with E-state index >= 15 is 0 Å². The van der Waals surface area contributed by atoms with Gasteiger partial charge in [-0.05, 0) is 37.1 Å². The molecule has 1 atom stereocenters. The van der Waals surface area contributed by atoms with Crippen LogP contribution in [0.1, 0.15) is 33.5 Å². The second kappa shape index (κ2) is 6.10. The van der Waals surface area contributed by atoms with Crippen molar-refractivity contribution in [3.8, 4) is 11.5 Å². The third-order valence-electron chi connectivity index (χ3n) is 3.60. The molecule has 0 amide bonds. The Bertz CT molecular complexity index is 631. The van der Waals surface area contributed by atoms with Crippen molar-refractivity contribution in [2.75, 3.05) is 13.2 Å². The minimum Gasteiger partial charge on any atom is -0.490 e. The zero-order chi connectivity index (χ0) is 14.8. The Hall–Kier alpha value is -1.48. The van der Waals surface area contributed by atoms with E-state index in [9.17, 15) is 0 Å². The molecule has 1 unspecified atom stereocenters. The first-order valence-electron chi connectivity index (χ1n) is 7.25. The highest BCUT2D eigenvalue weighted by Crippen LogP contribution is 2.38. The van der Waals surface area contributed by atoms with Crippen LogP contribution in [0.3, 0.4) is 0 Å². The Morgan fingerprint density at radius 1 is 0.857 bits per heavy atom. The Morgan fingerprint density at radius 2 is 1.52 bits per heavy atom. The number of fused-ring (bicyclic) bond motifs is 1. The Labute approximate surface area is 134 Å². The SMILES string of the molecule is Cc1cc(C)cc(C(Br)c2ccc3c(c2)OCCCO3)c1. The number of rotatable bonds is 2. The van der Waals surface area contributed by atoms with Crippen LogP contribution >= 0.6 is 15.9 Å². The molecule has 2 nitrogen and oxygen atoms in total. The van der Waals surface area contributed by atoms with Gasteiger partial charge in [0.05, 0.1) is 18.0 Å². The van der Waals surface area contributed by atoms with Crippen LogP contribution in [0.25, 0.3) is 0 Å². The highest BCUT2D eigenvalue weighted by atomic mass is 79.9. The van der Waals surface area contributed by atoms with E-state index in [1.807, 2.05) is 6.07 Å². The molecule has 0 saturated heterocycles. The second-order valence-corrected chi connectivity index (χ2v) is 6.46. The summed E-state index contributed by atoms with van der Waals surface area (Å²) in [5.41, 5.74) is 5.01. The fourth-order valence-electron chi connectivity index (χ4n) is 2.69. The van der Waals surface area contributed by atoms with Crippen molar-refractivity contribution < 1.29 is 9.47 Å². The molecule has 0 aliphatic carbocycles. The zero-order valence-corrected chi connectivity index (χ0v) is 13.9. The predicted molar refractivity (Wildman–Crippen MR) is 88.7 cm³/mol. The molecule has 0 N–H and O–H groups in total. The molecule has 1 aliphatic rings. The Kier molecular flexibility index (Phi) is 4.20. The summed E-state index contributed by atoms with van der Waals surface area (Å²) in [5.74, 6) is 1.69. The van der Waals surface area contributed by atoms with E-state index in [0.717, 1.165) is 24.5 Å². The predicted octanol–water partition coefficient (Wildman–Crippen LogP) is 4.95. The first-order chi connectivity index (χ1) is 10.1. The molecule has 1 aliphatic heterocycles. The van der Waals surface area contributed by atoms with Crippen LogP contribution in [0, 0.1) is 13.8 Å². The lowest BCUT2D eigenvalue weighted by atomic mass is 10.0. The first-order valence-corrected chi connectivity index (χ1v) is 8.17. The zero-order valence-electron chi connectivity index (χ0n) is 12.4. The van der Waals surface area contributed by atoms with Crippen LogP contribution in [-0.4, -0.2) is 13.2 Å². The van der Waals surface area contributed by atoms with Crippen molar-refractivity contribution in [2.24, 2.45) is 0 Å². The summed E-state index contributed by atoms with van der Waals surface area (Å²) in [6, 6.07) is 12.8. The van der Waals surface area contributed by atoms with Gasteiger partial charge in [0.25, 0.3) is 0 Å². The van der Waals surface area contributed by atoms with Gasteiger partial charge < -0.3 is 9.47 Å². The number of aryl methyl sites for hydroxylation is 2. The Balaban J connectivity index is 1.94. The number of alkyl halides is 1. The van der Waals surface area contributed by atoms with Gasteiger partial charge in [-0.1, -0.05) is 51.3 Å². The number of hydrogen-bond donors (Lipinski definition) is 0. The second-order valence-electron chi connectivity index (χ2n) is 5.54. The maximum Gasteiger partial charge on any atom is 0.161 e. The standard InChI is InChI=1S/C18H19BrO2/c1-12-8-13(2)10-15(9-12)18(19)14-4-5-16-17(11-14)21-7-3-6-20-16/h4-5,8-11,18H,3,6-7H2,1-2H3. The van der Waals surface area contributed by atoms with Gasteiger partial charge in [0.1, 0.15) is 0 Å². The third-order valence-corrected chi connectivity index (χ3v) is 4.66. The van der Waals surface area contributed by atoms with E-state index in [2.05, 4.69) is 60.1 Å². The molecule has 21 heavy (non-hydrogen) atoms. The molecule has 110 valence electrons. The molecule has 0 radical (unpaired) electrons. The van der Waals surface area contributed by atoms with Crippen molar-refractivity contribution in [1.29, 1.82) is 0 Å². The summed E-state index contributed by atoms with van der Waals surface area (Å²) in [5, 5.41) is 0. The molecule has 3 heteroatoms. The van der Waals surface area contributed by atoms with Gasteiger partial charge in [0.15, 0.2) is 11.5 Å². The molecule has 0 spiro atoms. The van der Waals surface area contributed by atoms with Gasteiger partial charge >= 0.3 is 0 Å². The fourth-order valence-corrected chi connectivity index (χ4v) is 3.24. The molecule has 1 heterocycles. The summed E-state index contributed by atoms with van der Waals surface area (Å²) in [6.45, 7) is 5.70. The summed E-state index contributed by atoms with van der Waals surface area (Å²) < 4.78 is 11.5. The van der Waals surface area contributed by atoms with E-state index in [4.69, 9.17) is 9.47 Å². The molecule has 0 bridgehead atoms. The maximum atomic E-state index is 5.78. The molecule has 3 rings (SSSR count). The van der Waals surface area contributed by atoms with Gasteiger partial charge in [-0.15, -0.1) is 0 Å². The molecule has 0 saturated carbocycles. The minimum atomic E-state index is 0.160. The van der Waals surface area contributed by atoms with Crippen molar-refractivity contribution in [1.82, 2.24) is 0 Å². The lowest BCUT2D eigenvalue weighted by Crippen LogP contribution is -1.98. The van der Waals surface area contributed by atoms with Crippen molar-refractivity contribution in [3.05, 3.63) is 58.7 Å². The van der Waals surface area contributed by atoms with Gasteiger partial charge in [-0.25, -0.2) is 0 Å². The van der Waals surface area contributed by atoms with Gasteiger partial charge in [0.2, 0.25) is 0 Å². The summed E-state index contributed by atoms with van der Waals surface area (Å²) >= 11 is 3.81. The van der Waals surface area contributed by atoms with Crippen molar-refractivity contribution in [3.63, 3.8) is 0 Å². The summed E-state index contributed by atoms with van der Waals surface area (Å²) in [6.07, 6.45) is 0.929. The number of hydrogen-bond acceptors (Lipinski definition) is 2. The average Bonchev–Trinajstić information content (AvgIpc) is 2.69. The third kappa shape index (κ3) is 3.24. The minimum absolute atomic E-state index is 0.160. The number of ether oxygens (including phenoxy) is 2. The average molecular weight is 347 g/mol. The van der Waals surface area contributed by atoms with E-state index < -0.39 is 0 Å². The topological polar surface area (TPSA) is 18.5 Å².